The Morgan fingerprint density at radius 1 is 1.09 bits per heavy atom. The first kappa shape index (κ1) is 40.1. The van der Waals surface area contributed by atoms with Crippen LogP contribution in [-0.4, -0.2) is 125 Å². The lowest BCUT2D eigenvalue weighted by Crippen LogP contribution is -2.57. The molecule has 14 nitrogen and oxygen atoms in total. The lowest BCUT2D eigenvalue weighted by atomic mass is 9.89. The zero-order valence-electron chi connectivity index (χ0n) is 32.2. The number of nitrogens with zero attached hydrogens (tertiary/aromatic N) is 5. The number of nitrogens with one attached hydrogen (secondary N) is 2. The number of morpholine rings is 1. The van der Waals surface area contributed by atoms with E-state index in [1.165, 1.54) is 23.3 Å². The predicted molar refractivity (Wildman–Crippen MR) is 210 cm³/mol. The number of amides is 1. The second kappa shape index (κ2) is 18.8. The molecule has 2 aliphatic heterocycles. The van der Waals surface area contributed by atoms with E-state index in [9.17, 15) is 19.8 Å². The number of hydrogen-bond donors (Lipinski definition) is 4. The van der Waals surface area contributed by atoms with Crippen molar-refractivity contribution in [2.24, 2.45) is 0 Å². The van der Waals surface area contributed by atoms with Crippen LogP contribution in [-0.2, 0) is 27.2 Å². The summed E-state index contributed by atoms with van der Waals surface area (Å²) in [6.07, 6.45) is 3.94. The van der Waals surface area contributed by atoms with Crippen molar-refractivity contribution in [3.05, 3.63) is 87.8 Å². The van der Waals surface area contributed by atoms with Crippen LogP contribution in [0.5, 0.6) is 11.6 Å². The number of aliphatic hydroxyl groups excluding tert-OH is 1. The molecule has 4 aromatic rings. The van der Waals surface area contributed by atoms with Gasteiger partial charge in [-0.1, -0.05) is 30.3 Å². The van der Waals surface area contributed by atoms with E-state index in [1.807, 2.05) is 13.8 Å². The number of carbonyl (C=O) groups excluding carboxylic acids is 1. The van der Waals surface area contributed by atoms with Crippen molar-refractivity contribution in [3.8, 4) is 11.6 Å². The Balaban J connectivity index is 0.857. The number of likely N-dealkylation sites (N-methyl/N-ethyl adjacent to an activating group) is 1. The maximum Gasteiger partial charge on any atom is 0.248 e. The van der Waals surface area contributed by atoms with Crippen LogP contribution >= 0.6 is 0 Å². The van der Waals surface area contributed by atoms with Crippen molar-refractivity contribution < 1.29 is 29.2 Å². The van der Waals surface area contributed by atoms with Crippen molar-refractivity contribution in [2.45, 2.75) is 63.9 Å². The second-order valence-electron chi connectivity index (χ2n) is 14.8. The van der Waals surface area contributed by atoms with E-state index < -0.39 is 6.10 Å². The third-order valence-corrected chi connectivity index (χ3v) is 10.3. The number of hydrogen-bond acceptors (Lipinski definition) is 12. The number of rotatable bonds is 17. The maximum absolute atomic E-state index is 12.7. The van der Waals surface area contributed by atoms with E-state index in [-0.39, 0.29) is 35.5 Å². The highest BCUT2D eigenvalue weighted by Crippen LogP contribution is 2.33. The molecule has 2 aromatic carbocycles. The van der Waals surface area contributed by atoms with E-state index in [0.29, 0.717) is 67.6 Å². The van der Waals surface area contributed by atoms with Crippen molar-refractivity contribution in [1.82, 2.24) is 30.1 Å². The normalized spacial score (nSPS) is 16.5. The van der Waals surface area contributed by atoms with Gasteiger partial charge in [0.05, 0.1) is 56.1 Å². The van der Waals surface area contributed by atoms with Crippen LogP contribution < -0.4 is 20.5 Å². The van der Waals surface area contributed by atoms with Gasteiger partial charge in [0.2, 0.25) is 23.3 Å². The van der Waals surface area contributed by atoms with Crippen LogP contribution in [0.1, 0.15) is 55.9 Å². The van der Waals surface area contributed by atoms with Crippen molar-refractivity contribution in [2.75, 3.05) is 77.6 Å². The SMILES string of the molecule is CC(C)Oc1ccnc(N2CCOC3(CCN(Cc4cccc(CCOCCC(=O)N(C)CCNCC(O)c5ccc(O)c6[nH]c(=O)ccc56)c4)CC3)C2)n1. The predicted octanol–water partition coefficient (Wildman–Crippen LogP) is 3.41. The lowest BCUT2D eigenvalue weighted by Gasteiger charge is -2.47. The zero-order valence-corrected chi connectivity index (χ0v) is 32.2. The fourth-order valence-corrected chi connectivity index (χ4v) is 7.28. The second-order valence-corrected chi connectivity index (χ2v) is 14.8. The molecule has 6 rings (SSSR count). The quantitative estimate of drug-likeness (QED) is 0.116. The van der Waals surface area contributed by atoms with Gasteiger partial charge < -0.3 is 44.5 Å². The molecule has 1 amide bonds. The molecule has 0 aliphatic carbocycles. The molecule has 4 N–H and O–H groups in total. The highest BCUT2D eigenvalue weighted by molar-refractivity contribution is 5.87. The third-order valence-electron chi connectivity index (χ3n) is 10.3. The summed E-state index contributed by atoms with van der Waals surface area (Å²) in [7, 11) is 1.76. The number of aromatic nitrogens is 3. The van der Waals surface area contributed by atoms with Crippen molar-refractivity contribution in [3.63, 3.8) is 0 Å². The zero-order chi connectivity index (χ0) is 38.8. The number of aromatic hydroxyl groups is 1. The minimum Gasteiger partial charge on any atom is -0.506 e. The average molecular weight is 758 g/mol. The highest BCUT2D eigenvalue weighted by atomic mass is 16.5. The van der Waals surface area contributed by atoms with Crippen molar-refractivity contribution in [1.29, 1.82) is 0 Å². The molecule has 1 unspecified atom stereocenters. The van der Waals surface area contributed by atoms with E-state index >= 15 is 0 Å². The first-order valence-electron chi connectivity index (χ1n) is 19.3. The fraction of sp³-hybridized carbons (Fsp3) is 0.512. The van der Waals surface area contributed by atoms with Crippen LogP contribution in [0.3, 0.4) is 0 Å². The molecule has 0 bridgehead atoms. The highest BCUT2D eigenvalue weighted by Gasteiger charge is 2.40. The molecule has 55 heavy (non-hydrogen) atoms. The number of H-pyrrole nitrogens is 1. The van der Waals surface area contributed by atoms with Gasteiger partial charge in [-0.2, -0.15) is 4.98 Å². The summed E-state index contributed by atoms with van der Waals surface area (Å²) in [5.74, 6) is 1.24. The number of aromatic amines is 1. The number of carbonyl (C=O) groups is 1. The molecule has 1 spiro atoms. The van der Waals surface area contributed by atoms with E-state index in [1.54, 1.807) is 36.3 Å². The van der Waals surface area contributed by atoms with Gasteiger partial charge >= 0.3 is 0 Å². The maximum atomic E-state index is 12.7. The summed E-state index contributed by atoms with van der Waals surface area (Å²) in [6, 6.07) is 16.5. The Kier molecular flexibility index (Phi) is 13.7. The van der Waals surface area contributed by atoms with Crippen LogP contribution in [0, 0.1) is 0 Å². The lowest BCUT2D eigenvalue weighted by molar-refractivity contribution is -0.131. The van der Waals surface area contributed by atoms with Crippen LogP contribution in [0.15, 0.2) is 65.6 Å². The number of piperidine rings is 1. The molecule has 1 atom stereocenters. The Bertz CT molecular complexity index is 1930. The smallest absolute Gasteiger partial charge is 0.248 e. The first-order valence-corrected chi connectivity index (χ1v) is 19.3. The van der Waals surface area contributed by atoms with Crippen molar-refractivity contribution >= 4 is 22.8 Å². The van der Waals surface area contributed by atoms with E-state index in [4.69, 9.17) is 14.2 Å². The van der Waals surface area contributed by atoms with Gasteiger partial charge in [0.25, 0.3) is 0 Å². The molecule has 296 valence electrons. The van der Waals surface area contributed by atoms with Crippen LogP contribution in [0.25, 0.3) is 10.9 Å². The topological polar surface area (TPSA) is 166 Å². The molecule has 4 heterocycles. The summed E-state index contributed by atoms with van der Waals surface area (Å²) in [5, 5.41) is 24.6. The average Bonchev–Trinajstić information content (AvgIpc) is 3.17. The van der Waals surface area contributed by atoms with Gasteiger partial charge in [-0.3, -0.25) is 14.5 Å². The van der Waals surface area contributed by atoms with Gasteiger partial charge in [0, 0.05) is 76.6 Å². The molecule has 2 saturated heterocycles. The monoisotopic (exact) mass is 757 g/mol. The molecule has 2 aromatic heterocycles. The summed E-state index contributed by atoms with van der Waals surface area (Å²) in [5.41, 5.74) is 2.86. The molecule has 2 fully saturated rings. The molecule has 14 heteroatoms. The van der Waals surface area contributed by atoms with E-state index in [0.717, 1.165) is 52.0 Å². The Morgan fingerprint density at radius 3 is 2.73 bits per heavy atom. The number of likely N-dealkylation sites (tertiary alicyclic amines) is 1. The van der Waals surface area contributed by atoms with Gasteiger partial charge in [0.15, 0.2) is 0 Å². The summed E-state index contributed by atoms with van der Waals surface area (Å²) in [6.45, 7) is 11.1. The number of ether oxygens (including phenoxy) is 3. The summed E-state index contributed by atoms with van der Waals surface area (Å²) < 4.78 is 18.1. The first-order chi connectivity index (χ1) is 26.6. The summed E-state index contributed by atoms with van der Waals surface area (Å²) in [4.78, 5) is 42.5. The van der Waals surface area contributed by atoms with Gasteiger partial charge in [-0.05, 0) is 61.9 Å². The Morgan fingerprint density at radius 2 is 1.91 bits per heavy atom. The molecule has 0 saturated carbocycles. The largest absolute Gasteiger partial charge is 0.506 e. The number of pyridine rings is 1. The number of benzene rings is 2. The number of aliphatic hydroxyl groups is 1. The minimum absolute atomic E-state index is 0.00810. The number of phenolic OH excluding ortho intramolecular Hbond substituents is 1. The molecule has 2 aliphatic rings. The molecule has 0 radical (unpaired) electrons. The molecular formula is C41H55N7O7. The number of fused-ring (bicyclic) bond motifs is 1. The van der Waals surface area contributed by atoms with Gasteiger partial charge in [-0.15, -0.1) is 0 Å². The Labute approximate surface area is 322 Å². The molecular weight excluding hydrogens is 702 g/mol. The van der Waals surface area contributed by atoms with Gasteiger partial charge in [0.1, 0.15) is 5.75 Å². The van der Waals surface area contributed by atoms with Crippen LogP contribution in [0.2, 0.25) is 0 Å². The van der Waals surface area contributed by atoms with Crippen LogP contribution in [0.4, 0.5) is 5.95 Å². The van der Waals surface area contributed by atoms with E-state index in [2.05, 4.69) is 54.3 Å². The third kappa shape index (κ3) is 11.0. The van der Waals surface area contributed by atoms with Gasteiger partial charge in [-0.25, -0.2) is 4.98 Å². The number of anilines is 1. The minimum atomic E-state index is -0.860. The summed E-state index contributed by atoms with van der Waals surface area (Å²) >= 11 is 0. The number of phenols is 1. The Hall–Kier alpha value is -4.60. The fourth-order valence-electron chi connectivity index (χ4n) is 7.28. The standard InChI is InChI=1S/C41H55N7O7/c1-29(2)55-37-11-16-43-40(45-37)48-21-24-54-41(28-48)14-18-47(19-15-41)27-31-6-4-5-30(25-31)12-22-53-23-13-38(52)46(3)20-17-42-26-35(50)32-7-9-34(49)39-33(32)8-10-36(51)44-39/h4-11,16,25,29,35,42,49-50H,12-15,17-24,26-28H2,1-3H3,(H,44,51).